The van der Waals surface area contributed by atoms with Crippen LogP contribution < -0.4 is 5.32 Å². The summed E-state index contributed by atoms with van der Waals surface area (Å²) in [4.78, 5) is 24.8. The van der Waals surface area contributed by atoms with Gasteiger partial charge in [-0.1, -0.05) is 0 Å². The maximum Gasteiger partial charge on any atom is 0.322 e. The topological polar surface area (TPSA) is 67.9 Å². The molecule has 0 aromatic carbocycles. The number of nitrogens with one attached hydrogen (secondary N) is 1. The largest absolute Gasteiger partial charge is 0.465 e. The summed E-state index contributed by atoms with van der Waals surface area (Å²) in [6, 6.07) is -0.458. The Labute approximate surface area is 101 Å². The van der Waals surface area contributed by atoms with E-state index in [0.29, 0.717) is 32.9 Å². The van der Waals surface area contributed by atoms with Crippen molar-refractivity contribution in [1.82, 2.24) is 10.2 Å². The van der Waals surface area contributed by atoms with Gasteiger partial charge in [0.25, 0.3) is 0 Å². The molecule has 0 aromatic heterocycles. The Hall–Kier alpha value is -1.14. The van der Waals surface area contributed by atoms with Crippen molar-refractivity contribution in [2.75, 3.05) is 39.5 Å². The number of carbonyl (C=O) groups excluding carboxylic acids is 2. The van der Waals surface area contributed by atoms with Crippen molar-refractivity contribution < 1.29 is 19.1 Å². The Morgan fingerprint density at radius 3 is 2.65 bits per heavy atom. The van der Waals surface area contributed by atoms with Crippen molar-refractivity contribution in [3.05, 3.63) is 0 Å². The van der Waals surface area contributed by atoms with Crippen LogP contribution in [0.15, 0.2) is 0 Å². The maximum absolute atomic E-state index is 11.7. The molecule has 1 rings (SSSR count). The van der Waals surface area contributed by atoms with Crippen LogP contribution >= 0.6 is 0 Å². The summed E-state index contributed by atoms with van der Waals surface area (Å²) in [6.07, 6.45) is 0. The van der Waals surface area contributed by atoms with Crippen molar-refractivity contribution >= 4 is 11.9 Å². The zero-order chi connectivity index (χ0) is 12.7. The Balaban J connectivity index is 2.24. The first-order valence-corrected chi connectivity index (χ1v) is 5.90. The number of hydrogen-bond acceptors (Lipinski definition) is 5. The molecule has 1 unspecified atom stereocenters. The van der Waals surface area contributed by atoms with Gasteiger partial charge in [0.05, 0.1) is 26.4 Å². The molecule has 6 nitrogen and oxygen atoms in total. The Morgan fingerprint density at radius 1 is 1.41 bits per heavy atom. The third-order valence-electron chi connectivity index (χ3n) is 2.56. The molecular weight excluding hydrogens is 224 g/mol. The van der Waals surface area contributed by atoms with E-state index < -0.39 is 6.04 Å². The maximum atomic E-state index is 11.7. The summed E-state index contributed by atoms with van der Waals surface area (Å²) in [7, 11) is 0. The molecule has 0 bridgehead atoms. The molecule has 17 heavy (non-hydrogen) atoms. The third-order valence-corrected chi connectivity index (χ3v) is 2.56. The molecule has 0 aromatic rings. The van der Waals surface area contributed by atoms with E-state index in [1.54, 1.807) is 18.7 Å². The number of carbonyl (C=O) groups is 2. The van der Waals surface area contributed by atoms with Gasteiger partial charge >= 0.3 is 5.97 Å². The van der Waals surface area contributed by atoms with Crippen LogP contribution in [0.3, 0.4) is 0 Å². The Kier molecular flexibility index (Phi) is 5.93. The van der Waals surface area contributed by atoms with Gasteiger partial charge in [-0.2, -0.15) is 0 Å². The first kappa shape index (κ1) is 13.9. The predicted molar refractivity (Wildman–Crippen MR) is 61.5 cm³/mol. The van der Waals surface area contributed by atoms with Gasteiger partial charge in [-0.05, 0) is 13.8 Å². The molecular formula is C11H20N2O4. The highest BCUT2D eigenvalue weighted by atomic mass is 16.5. The number of esters is 1. The number of ether oxygens (including phenoxy) is 2. The highest BCUT2D eigenvalue weighted by Gasteiger charge is 2.19. The van der Waals surface area contributed by atoms with E-state index in [0.717, 1.165) is 0 Å². The molecule has 98 valence electrons. The quantitative estimate of drug-likeness (QED) is 0.653. The summed E-state index contributed by atoms with van der Waals surface area (Å²) in [5.74, 6) is -0.341. The molecule has 0 spiro atoms. The average molecular weight is 244 g/mol. The second-order valence-corrected chi connectivity index (χ2v) is 3.85. The van der Waals surface area contributed by atoms with Gasteiger partial charge in [0.2, 0.25) is 5.91 Å². The first-order chi connectivity index (χ1) is 8.15. The van der Waals surface area contributed by atoms with Crippen LogP contribution in [-0.2, 0) is 19.1 Å². The standard InChI is InChI=1S/C11H20N2O4/c1-3-17-11(15)9(2)12-8-10(14)13-4-6-16-7-5-13/h9,12H,3-8H2,1-2H3. The van der Waals surface area contributed by atoms with Crippen LogP contribution in [0, 0.1) is 0 Å². The molecule has 1 saturated heterocycles. The number of rotatable bonds is 5. The van der Waals surface area contributed by atoms with Crippen LogP contribution in [0.5, 0.6) is 0 Å². The molecule has 0 radical (unpaired) electrons. The van der Waals surface area contributed by atoms with Gasteiger partial charge in [-0.25, -0.2) is 0 Å². The average Bonchev–Trinajstić information content (AvgIpc) is 2.36. The van der Waals surface area contributed by atoms with Gasteiger partial charge < -0.3 is 14.4 Å². The van der Waals surface area contributed by atoms with E-state index >= 15 is 0 Å². The molecule has 1 amide bonds. The van der Waals surface area contributed by atoms with Gasteiger partial charge in [-0.3, -0.25) is 14.9 Å². The van der Waals surface area contributed by atoms with Crippen molar-refractivity contribution in [3.8, 4) is 0 Å². The normalized spacial score (nSPS) is 17.6. The van der Waals surface area contributed by atoms with E-state index in [9.17, 15) is 9.59 Å². The number of amides is 1. The molecule has 0 saturated carbocycles. The molecule has 1 atom stereocenters. The van der Waals surface area contributed by atoms with E-state index in [-0.39, 0.29) is 18.4 Å². The molecule has 0 aliphatic carbocycles. The summed E-state index contributed by atoms with van der Waals surface area (Å²) in [5.41, 5.74) is 0. The lowest BCUT2D eigenvalue weighted by Crippen LogP contribution is -2.47. The SMILES string of the molecule is CCOC(=O)C(C)NCC(=O)N1CCOCC1. The van der Waals surface area contributed by atoms with Crippen LogP contribution in [0.4, 0.5) is 0 Å². The van der Waals surface area contributed by atoms with E-state index in [4.69, 9.17) is 9.47 Å². The van der Waals surface area contributed by atoms with Crippen LogP contribution in [0.2, 0.25) is 0 Å². The molecule has 1 N–H and O–H groups in total. The monoisotopic (exact) mass is 244 g/mol. The van der Waals surface area contributed by atoms with Crippen molar-refractivity contribution in [3.63, 3.8) is 0 Å². The minimum absolute atomic E-state index is 0.00977. The third kappa shape index (κ3) is 4.70. The number of morpholine rings is 1. The zero-order valence-electron chi connectivity index (χ0n) is 10.4. The van der Waals surface area contributed by atoms with Crippen molar-refractivity contribution in [2.45, 2.75) is 19.9 Å². The highest BCUT2D eigenvalue weighted by Crippen LogP contribution is 1.97. The fourth-order valence-electron chi connectivity index (χ4n) is 1.52. The summed E-state index contributed by atoms with van der Waals surface area (Å²) in [5, 5.41) is 2.86. The summed E-state index contributed by atoms with van der Waals surface area (Å²) >= 11 is 0. The van der Waals surface area contributed by atoms with Crippen molar-refractivity contribution in [2.24, 2.45) is 0 Å². The fourth-order valence-corrected chi connectivity index (χ4v) is 1.52. The Bertz CT molecular complexity index is 264. The fraction of sp³-hybridized carbons (Fsp3) is 0.818. The van der Waals surface area contributed by atoms with Gasteiger partial charge in [0.15, 0.2) is 0 Å². The van der Waals surface area contributed by atoms with Crippen LogP contribution in [-0.4, -0.2) is 62.3 Å². The zero-order valence-corrected chi connectivity index (χ0v) is 10.4. The number of nitrogens with zero attached hydrogens (tertiary/aromatic N) is 1. The first-order valence-electron chi connectivity index (χ1n) is 5.90. The summed E-state index contributed by atoms with van der Waals surface area (Å²) in [6.45, 7) is 6.34. The molecule has 1 aliphatic heterocycles. The van der Waals surface area contributed by atoms with Gasteiger partial charge in [-0.15, -0.1) is 0 Å². The lowest BCUT2D eigenvalue weighted by molar-refractivity contribution is -0.145. The molecule has 6 heteroatoms. The summed E-state index contributed by atoms with van der Waals surface area (Å²) < 4.78 is 9.99. The van der Waals surface area contributed by atoms with E-state index in [2.05, 4.69) is 5.32 Å². The van der Waals surface area contributed by atoms with Gasteiger partial charge in [0.1, 0.15) is 6.04 Å². The van der Waals surface area contributed by atoms with Crippen LogP contribution in [0.25, 0.3) is 0 Å². The minimum atomic E-state index is -0.458. The second-order valence-electron chi connectivity index (χ2n) is 3.85. The van der Waals surface area contributed by atoms with Crippen LogP contribution in [0.1, 0.15) is 13.8 Å². The Morgan fingerprint density at radius 2 is 2.06 bits per heavy atom. The van der Waals surface area contributed by atoms with Gasteiger partial charge in [0, 0.05) is 13.1 Å². The second kappa shape index (κ2) is 7.24. The molecule has 1 fully saturated rings. The lowest BCUT2D eigenvalue weighted by atomic mass is 10.3. The minimum Gasteiger partial charge on any atom is -0.465 e. The molecule has 1 aliphatic rings. The smallest absolute Gasteiger partial charge is 0.322 e. The number of hydrogen-bond donors (Lipinski definition) is 1. The van der Waals surface area contributed by atoms with Crippen molar-refractivity contribution in [1.29, 1.82) is 0 Å². The van der Waals surface area contributed by atoms with E-state index in [1.807, 2.05) is 0 Å². The lowest BCUT2D eigenvalue weighted by Gasteiger charge is -2.27. The predicted octanol–water partition coefficient (Wildman–Crippen LogP) is -0.614. The molecule has 1 heterocycles. The van der Waals surface area contributed by atoms with E-state index in [1.165, 1.54) is 0 Å². The highest BCUT2D eigenvalue weighted by molar-refractivity contribution is 5.80.